The van der Waals surface area contributed by atoms with Gasteiger partial charge in [0, 0.05) is 18.7 Å². The highest BCUT2D eigenvalue weighted by molar-refractivity contribution is 7.71. The summed E-state index contributed by atoms with van der Waals surface area (Å²) in [4.78, 5) is 14.8. The van der Waals surface area contributed by atoms with Crippen LogP contribution in [-0.2, 0) is 0 Å². The standard InChI is InChI=1S/C13H18N2O2S/c16-11-6-2-1-4-9(11)8-15-12(17)10-5-3-7-14-13(10)18/h3,5,7,9,11,16H,1-2,4,6,8H2,(H,14,18)(H,15,17)/t9-,11+/m0/s1. The molecule has 1 aliphatic carbocycles. The summed E-state index contributed by atoms with van der Waals surface area (Å²) >= 11 is 5.06. The van der Waals surface area contributed by atoms with Crippen LogP contribution in [0.5, 0.6) is 0 Å². The van der Waals surface area contributed by atoms with Gasteiger partial charge in [0.1, 0.15) is 4.64 Å². The molecule has 2 rings (SSSR count). The Morgan fingerprint density at radius 2 is 2.28 bits per heavy atom. The Balaban J connectivity index is 1.92. The van der Waals surface area contributed by atoms with E-state index in [1.54, 1.807) is 18.3 Å². The second kappa shape index (κ2) is 6.11. The highest BCUT2D eigenvalue weighted by Gasteiger charge is 2.23. The third-order valence-corrected chi connectivity index (χ3v) is 3.79. The molecule has 1 saturated carbocycles. The number of hydrogen-bond acceptors (Lipinski definition) is 3. The number of rotatable bonds is 3. The quantitative estimate of drug-likeness (QED) is 0.733. The number of carbonyl (C=O) groups excluding carboxylic acids is 1. The molecule has 0 saturated heterocycles. The van der Waals surface area contributed by atoms with Crippen molar-refractivity contribution in [1.29, 1.82) is 0 Å². The monoisotopic (exact) mass is 266 g/mol. The number of aliphatic hydroxyl groups is 1. The first-order valence-electron chi connectivity index (χ1n) is 6.32. The molecule has 0 spiro atoms. The van der Waals surface area contributed by atoms with Crippen molar-refractivity contribution < 1.29 is 9.90 Å². The molecule has 4 nitrogen and oxygen atoms in total. The number of amides is 1. The molecule has 1 amide bonds. The minimum atomic E-state index is -0.288. The summed E-state index contributed by atoms with van der Waals surface area (Å²) in [6.07, 6.45) is 5.43. The van der Waals surface area contributed by atoms with Gasteiger partial charge in [-0.25, -0.2) is 0 Å². The Bertz CT molecular complexity index is 472. The molecule has 0 radical (unpaired) electrons. The van der Waals surface area contributed by atoms with Crippen molar-refractivity contribution in [2.24, 2.45) is 5.92 Å². The molecule has 1 fully saturated rings. The molecule has 1 aromatic heterocycles. The largest absolute Gasteiger partial charge is 0.393 e. The molecule has 1 heterocycles. The lowest BCUT2D eigenvalue weighted by atomic mass is 9.86. The minimum Gasteiger partial charge on any atom is -0.393 e. The van der Waals surface area contributed by atoms with Crippen LogP contribution in [0, 0.1) is 10.6 Å². The smallest absolute Gasteiger partial charge is 0.254 e. The molecule has 0 unspecified atom stereocenters. The highest BCUT2D eigenvalue weighted by Crippen LogP contribution is 2.23. The predicted octanol–water partition coefficient (Wildman–Crippen LogP) is 2.03. The van der Waals surface area contributed by atoms with E-state index in [-0.39, 0.29) is 17.9 Å². The maximum Gasteiger partial charge on any atom is 0.254 e. The third-order valence-electron chi connectivity index (χ3n) is 3.46. The lowest BCUT2D eigenvalue weighted by molar-refractivity contribution is 0.0662. The van der Waals surface area contributed by atoms with Crippen LogP contribution in [0.1, 0.15) is 36.0 Å². The Kier molecular flexibility index (Phi) is 4.49. The minimum absolute atomic E-state index is 0.170. The van der Waals surface area contributed by atoms with Crippen LogP contribution in [0.2, 0.25) is 0 Å². The van der Waals surface area contributed by atoms with E-state index >= 15 is 0 Å². The first kappa shape index (κ1) is 13.2. The number of carbonyl (C=O) groups is 1. The second-order valence-corrected chi connectivity index (χ2v) is 5.14. The number of nitrogens with one attached hydrogen (secondary N) is 2. The van der Waals surface area contributed by atoms with Crippen molar-refractivity contribution >= 4 is 18.1 Å². The van der Waals surface area contributed by atoms with E-state index in [1.807, 2.05) is 0 Å². The molecule has 3 N–H and O–H groups in total. The Labute approximate surface area is 111 Å². The van der Waals surface area contributed by atoms with Gasteiger partial charge in [-0.15, -0.1) is 0 Å². The maximum atomic E-state index is 11.9. The van der Waals surface area contributed by atoms with Crippen molar-refractivity contribution in [3.05, 3.63) is 28.5 Å². The first-order chi connectivity index (χ1) is 8.68. The molecule has 1 aliphatic rings. The fraction of sp³-hybridized carbons (Fsp3) is 0.538. The number of pyridine rings is 1. The Morgan fingerprint density at radius 3 is 3.00 bits per heavy atom. The van der Waals surface area contributed by atoms with Crippen molar-refractivity contribution in [1.82, 2.24) is 10.3 Å². The predicted molar refractivity (Wildman–Crippen MR) is 71.9 cm³/mol. The zero-order valence-electron chi connectivity index (χ0n) is 10.2. The highest BCUT2D eigenvalue weighted by atomic mass is 32.1. The van der Waals surface area contributed by atoms with E-state index in [4.69, 9.17) is 12.2 Å². The van der Waals surface area contributed by atoms with Gasteiger partial charge in [0.05, 0.1) is 11.7 Å². The van der Waals surface area contributed by atoms with E-state index in [0.717, 1.165) is 25.7 Å². The Morgan fingerprint density at radius 1 is 1.50 bits per heavy atom. The summed E-state index contributed by atoms with van der Waals surface area (Å²) in [5.74, 6) is -0.00131. The van der Waals surface area contributed by atoms with Crippen LogP contribution in [0.4, 0.5) is 0 Å². The lowest BCUT2D eigenvalue weighted by Gasteiger charge is -2.27. The molecule has 2 atom stereocenters. The summed E-state index contributed by atoms with van der Waals surface area (Å²) in [5.41, 5.74) is 0.484. The number of aromatic amines is 1. The van der Waals surface area contributed by atoms with Crippen LogP contribution < -0.4 is 5.32 Å². The zero-order valence-corrected chi connectivity index (χ0v) is 11.0. The second-order valence-electron chi connectivity index (χ2n) is 4.73. The number of aliphatic hydroxyl groups excluding tert-OH is 1. The van der Waals surface area contributed by atoms with Crippen LogP contribution in [0.15, 0.2) is 18.3 Å². The zero-order chi connectivity index (χ0) is 13.0. The fourth-order valence-corrected chi connectivity index (χ4v) is 2.57. The summed E-state index contributed by atoms with van der Waals surface area (Å²) in [7, 11) is 0. The van der Waals surface area contributed by atoms with Crippen molar-refractivity contribution in [3.63, 3.8) is 0 Å². The van der Waals surface area contributed by atoms with Crippen molar-refractivity contribution in [2.75, 3.05) is 6.54 Å². The van der Waals surface area contributed by atoms with Gasteiger partial charge in [-0.3, -0.25) is 4.79 Å². The van der Waals surface area contributed by atoms with Gasteiger partial charge in [-0.05, 0) is 25.0 Å². The van der Waals surface area contributed by atoms with Crippen molar-refractivity contribution in [2.45, 2.75) is 31.8 Å². The normalized spacial score (nSPS) is 23.6. The number of H-pyrrole nitrogens is 1. The van der Waals surface area contributed by atoms with Gasteiger partial charge in [-0.2, -0.15) is 0 Å². The van der Waals surface area contributed by atoms with E-state index in [2.05, 4.69) is 10.3 Å². The molecule has 0 aromatic carbocycles. The third kappa shape index (κ3) is 3.17. The molecule has 5 heteroatoms. The fourth-order valence-electron chi connectivity index (χ4n) is 2.35. The lowest BCUT2D eigenvalue weighted by Crippen LogP contribution is -2.36. The Hall–Kier alpha value is -1.20. The summed E-state index contributed by atoms with van der Waals surface area (Å²) < 4.78 is 0.444. The average molecular weight is 266 g/mol. The molecule has 0 bridgehead atoms. The van der Waals surface area contributed by atoms with Crippen LogP contribution in [-0.4, -0.2) is 28.6 Å². The van der Waals surface area contributed by atoms with Crippen LogP contribution in [0.3, 0.4) is 0 Å². The van der Waals surface area contributed by atoms with Crippen molar-refractivity contribution in [3.8, 4) is 0 Å². The van der Waals surface area contributed by atoms with Gasteiger partial charge in [0.2, 0.25) is 0 Å². The van der Waals surface area contributed by atoms with Gasteiger partial charge >= 0.3 is 0 Å². The molecular formula is C13H18N2O2S. The van der Waals surface area contributed by atoms with E-state index in [0.29, 0.717) is 16.7 Å². The molecule has 18 heavy (non-hydrogen) atoms. The van der Waals surface area contributed by atoms with Gasteiger partial charge in [0.25, 0.3) is 5.91 Å². The molecule has 0 aliphatic heterocycles. The van der Waals surface area contributed by atoms with E-state index in [9.17, 15) is 9.90 Å². The topological polar surface area (TPSA) is 65.1 Å². The van der Waals surface area contributed by atoms with Crippen LogP contribution >= 0.6 is 12.2 Å². The molecular weight excluding hydrogens is 248 g/mol. The molecule has 98 valence electrons. The summed E-state index contributed by atoms with van der Waals surface area (Å²) in [6.45, 7) is 0.518. The average Bonchev–Trinajstić information content (AvgIpc) is 2.38. The summed E-state index contributed by atoms with van der Waals surface area (Å²) in [5, 5.41) is 12.7. The number of hydrogen-bond donors (Lipinski definition) is 3. The van der Waals surface area contributed by atoms with Gasteiger partial charge in [0.15, 0.2) is 0 Å². The van der Waals surface area contributed by atoms with E-state index in [1.165, 1.54) is 0 Å². The van der Waals surface area contributed by atoms with Crippen LogP contribution in [0.25, 0.3) is 0 Å². The SMILES string of the molecule is O=C(NC[C@@H]1CCCC[C@H]1O)c1ccc[nH]c1=S. The van der Waals surface area contributed by atoms with E-state index < -0.39 is 0 Å². The van der Waals surface area contributed by atoms with Gasteiger partial charge < -0.3 is 15.4 Å². The first-order valence-corrected chi connectivity index (χ1v) is 6.73. The molecule has 1 aromatic rings. The van der Waals surface area contributed by atoms with Gasteiger partial charge in [-0.1, -0.05) is 25.1 Å². The maximum absolute atomic E-state index is 11.9. The number of aromatic nitrogens is 1. The summed E-state index contributed by atoms with van der Waals surface area (Å²) in [6, 6.07) is 3.45.